The van der Waals surface area contributed by atoms with E-state index in [0.29, 0.717) is 18.3 Å². The molecular formula is C26H52O6PS+. The van der Waals surface area contributed by atoms with E-state index in [9.17, 15) is 9.36 Å². The van der Waals surface area contributed by atoms with Gasteiger partial charge in [-0.15, -0.1) is 4.52 Å². The second-order valence-corrected chi connectivity index (χ2v) is 11.7. The van der Waals surface area contributed by atoms with Gasteiger partial charge in [0.1, 0.15) is 6.61 Å². The van der Waals surface area contributed by atoms with Crippen molar-refractivity contribution in [2.75, 3.05) is 19.0 Å². The molecule has 0 spiro atoms. The van der Waals surface area contributed by atoms with Gasteiger partial charge in [-0.1, -0.05) is 104 Å². The monoisotopic (exact) mass is 523 g/mol. The largest absolute Gasteiger partial charge is 0.639 e. The van der Waals surface area contributed by atoms with Crippen LogP contribution in [-0.4, -0.2) is 41.3 Å². The van der Waals surface area contributed by atoms with Crippen LogP contribution in [-0.2, 0) is 18.7 Å². The Bertz CT molecular complexity index is 480. The lowest BCUT2D eigenvalue weighted by molar-refractivity contribution is -0.168. The van der Waals surface area contributed by atoms with Crippen LogP contribution in [0.3, 0.4) is 0 Å². The molecule has 0 bridgehead atoms. The number of hydrogen-bond acceptors (Lipinski definition) is 7. The Morgan fingerprint density at radius 2 is 1.32 bits per heavy atom. The number of rotatable bonds is 26. The van der Waals surface area contributed by atoms with Crippen LogP contribution >= 0.6 is 19.8 Å². The Morgan fingerprint density at radius 1 is 0.794 bits per heavy atom. The first kappa shape index (κ1) is 33.8. The standard InChI is InChI=1S/C26H51O6PS/c1-4-6-8-10-12-14-16-18-23-34-25(20-17-15-13-11-9-7-5-2)24(3)30-21-19-22-31-33(29)26(27)32-28/h24-25H,4-23H2,1-3H3/p+1. The molecule has 34 heavy (non-hydrogen) atoms. The number of unbranched alkanes of at least 4 members (excludes halogenated alkanes) is 13. The molecule has 1 N–H and O–H groups in total. The summed E-state index contributed by atoms with van der Waals surface area (Å²) >= 11 is 2.06. The van der Waals surface area contributed by atoms with E-state index in [2.05, 4.69) is 37.4 Å². The SMILES string of the molecule is CCCCCCCCCCSC(CCCCCCCCC)C(C)OCCCO[P+](=O)C(=O)OO. The van der Waals surface area contributed by atoms with Crippen LogP contribution in [0.5, 0.6) is 0 Å². The zero-order valence-electron chi connectivity index (χ0n) is 22.1. The number of carbonyl (C=O) groups excluding carboxylic acids is 1. The van der Waals surface area contributed by atoms with Crippen LogP contribution in [0.1, 0.15) is 130 Å². The van der Waals surface area contributed by atoms with E-state index in [1.807, 2.05) is 0 Å². The smallest absolute Gasteiger partial charge is 0.377 e. The minimum atomic E-state index is -2.64. The third kappa shape index (κ3) is 21.1. The molecule has 3 atom stereocenters. The normalized spacial score (nSPS) is 13.6. The highest BCUT2D eigenvalue weighted by Gasteiger charge is 2.34. The highest BCUT2D eigenvalue weighted by molar-refractivity contribution is 7.99. The van der Waals surface area contributed by atoms with Gasteiger partial charge in [-0.05, 0) is 36.5 Å². The van der Waals surface area contributed by atoms with Crippen molar-refractivity contribution in [2.45, 2.75) is 141 Å². The topological polar surface area (TPSA) is 82.1 Å². The molecule has 0 aromatic rings. The molecule has 0 aromatic heterocycles. The summed E-state index contributed by atoms with van der Waals surface area (Å²) in [5.41, 5.74) is -1.25. The third-order valence-corrected chi connectivity index (χ3v) is 8.42. The summed E-state index contributed by atoms with van der Waals surface area (Å²) in [6, 6.07) is 0. The van der Waals surface area contributed by atoms with Gasteiger partial charge in [0.25, 0.3) is 0 Å². The van der Waals surface area contributed by atoms with Crippen molar-refractivity contribution in [3.8, 4) is 0 Å². The van der Waals surface area contributed by atoms with Crippen LogP contribution in [0.15, 0.2) is 0 Å². The summed E-state index contributed by atoms with van der Waals surface area (Å²) in [4.78, 5) is 14.3. The second-order valence-electron chi connectivity index (χ2n) is 9.17. The number of carbonyl (C=O) groups is 1. The summed E-state index contributed by atoms with van der Waals surface area (Å²) in [7, 11) is -2.64. The Morgan fingerprint density at radius 3 is 1.88 bits per heavy atom. The van der Waals surface area contributed by atoms with Crippen LogP contribution in [0.2, 0.25) is 0 Å². The number of ether oxygens (including phenoxy) is 1. The molecule has 0 aromatic carbocycles. The first-order valence-corrected chi connectivity index (χ1v) is 16.0. The van der Waals surface area contributed by atoms with E-state index in [-0.39, 0.29) is 12.7 Å². The fourth-order valence-electron chi connectivity index (χ4n) is 3.90. The summed E-state index contributed by atoms with van der Waals surface area (Å²) < 4.78 is 22.2. The van der Waals surface area contributed by atoms with Crippen molar-refractivity contribution in [1.82, 2.24) is 0 Å². The molecule has 0 amide bonds. The van der Waals surface area contributed by atoms with E-state index in [0.717, 1.165) is 0 Å². The maximum atomic E-state index is 11.3. The Balaban J connectivity index is 4.16. The Hall–Kier alpha value is -0.200. The lowest BCUT2D eigenvalue weighted by Crippen LogP contribution is -2.24. The van der Waals surface area contributed by atoms with Crippen molar-refractivity contribution in [1.29, 1.82) is 0 Å². The first-order valence-electron chi connectivity index (χ1n) is 13.8. The van der Waals surface area contributed by atoms with Crippen molar-refractivity contribution in [3.05, 3.63) is 0 Å². The van der Waals surface area contributed by atoms with Gasteiger partial charge in [-0.25, -0.2) is 0 Å². The molecule has 3 unspecified atom stereocenters. The van der Waals surface area contributed by atoms with Gasteiger partial charge in [0.15, 0.2) is 0 Å². The molecule has 0 aliphatic rings. The molecule has 6 nitrogen and oxygen atoms in total. The molecule has 0 aliphatic carbocycles. The lowest BCUT2D eigenvalue weighted by Gasteiger charge is -2.24. The quantitative estimate of drug-likeness (QED) is 0.0523. The van der Waals surface area contributed by atoms with Gasteiger partial charge in [-0.3, -0.25) is 4.89 Å². The highest BCUT2D eigenvalue weighted by Crippen LogP contribution is 2.27. The minimum absolute atomic E-state index is 0.130. The zero-order chi connectivity index (χ0) is 25.3. The minimum Gasteiger partial charge on any atom is -0.377 e. The summed E-state index contributed by atoms with van der Waals surface area (Å²) in [5.74, 6) is 1.19. The van der Waals surface area contributed by atoms with Gasteiger partial charge in [-0.2, -0.15) is 21.8 Å². The summed E-state index contributed by atoms with van der Waals surface area (Å²) in [6.45, 7) is 7.29. The van der Waals surface area contributed by atoms with E-state index in [1.54, 1.807) is 0 Å². The first-order chi connectivity index (χ1) is 16.6. The van der Waals surface area contributed by atoms with Crippen molar-refractivity contribution in [2.24, 2.45) is 0 Å². The zero-order valence-corrected chi connectivity index (χ0v) is 23.9. The molecule has 0 saturated heterocycles. The van der Waals surface area contributed by atoms with Gasteiger partial charge in [0, 0.05) is 11.9 Å². The second kappa shape index (κ2) is 25.9. The average Bonchev–Trinajstić information content (AvgIpc) is 2.84. The van der Waals surface area contributed by atoms with E-state index in [1.165, 1.54) is 108 Å². The predicted molar refractivity (Wildman–Crippen MR) is 144 cm³/mol. The molecule has 0 radical (unpaired) electrons. The van der Waals surface area contributed by atoms with Crippen molar-refractivity contribution in [3.63, 3.8) is 0 Å². The van der Waals surface area contributed by atoms with Gasteiger partial charge in [0.05, 0.1) is 6.10 Å². The molecule has 0 aliphatic heterocycles. The van der Waals surface area contributed by atoms with E-state index in [4.69, 9.17) is 14.5 Å². The highest BCUT2D eigenvalue weighted by atomic mass is 32.2. The van der Waals surface area contributed by atoms with Crippen LogP contribution in [0, 0.1) is 0 Å². The van der Waals surface area contributed by atoms with Crippen LogP contribution < -0.4 is 0 Å². The van der Waals surface area contributed by atoms with Gasteiger partial charge < -0.3 is 4.74 Å². The maximum Gasteiger partial charge on any atom is 0.639 e. The van der Waals surface area contributed by atoms with E-state index < -0.39 is 13.7 Å². The Kier molecular flexibility index (Phi) is 25.7. The number of thioether (sulfide) groups is 1. The lowest BCUT2D eigenvalue weighted by atomic mass is 10.1. The molecule has 202 valence electrons. The fraction of sp³-hybridized carbons (Fsp3) is 0.962. The molecular weight excluding hydrogens is 471 g/mol. The number of hydrogen-bond donors (Lipinski definition) is 1. The Labute approximate surface area is 214 Å². The van der Waals surface area contributed by atoms with Crippen molar-refractivity contribution >= 4 is 25.5 Å². The van der Waals surface area contributed by atoms with Crippen LogP contribution in [0.25, 0.3) is 0 Å². The third-order valence-electron chi connectivity index (χ3n) is 6.05. The summed E-state index contributed by atoms with van der Waals surface area (Å²) in [6.07, 6.45) is 21.9. The molecule has 0 fully saturated rings. The summed E-state index contributed by atoms with van der Waals surface area (Å²) in [5, 5.41) is 8.69. The van der Waals surface area contributed by atoms with Gasteiger partial charge >= 0.3 is 13.7 Å². The van der Waals surface area contributed by atoms with Crippen LogP contribution in [0.4, 0.5) is 4.79 Å². The van der Waals surface area contributed by atoms with Gasteiger partial charge in [0.2, 0.25) is 0 Å². The maximum absolute atomic E-state index is 11.3. The molecule has 0 saturated carbocycles. The predicted octanol–water partition coefficient (Wildman–Crippen LogP) is 9.53. The molecule has 0 heterocycles. The average molecular weight is 524 g/mol. The molecule has 0 rings (SSSR count). The van der Waals surface area contributed by atoms with E-state index >= 15 is 0 Å². The molecule has 8 heteroatoms. The fourth-order valence-corrected chi connectivity index (χ4v) is 5.72. The van der Waals surface area contributed by atoms with Crippen molar-refractivity contribution < 1.29 is 28.8 Å².